The molecular weight excluding hydrogens is 368 g/mol. The molecule has 0 spiro atoms. The molecule has 27 heavy (non-hydrogen) atoms. The van der Waals surface area contributed by atoms with Crippen LogP contribution < -0.4 is 19.1 Å². The number of amides is 1. The van der Waals surface area contributed by atoms with Gasteiger partial charge in [0.15, 0.2) is 0 Å². The summed E-state index contributed by atoms with van der Waals surface area (Å²) in [6, 6.07) is 11.7. The molecule has 2 aromatic rings. The zero-order valence-corrected chi connectivity index (χ0v) is 16.8. The van der Waals surface area contributed by atoms with Gasteiger partial charge in [-0.25, -0.2) is 8.42 Å². The van der Waals surface area contributed by atoms with Gasteiger partial charge in [0.1, 0.15) is 11.5 Å². The molecule has 0 radical (unpaired) electrons. The number of para-hydroxylation sites is 1. The van der Waals surface area contributed by atoms with Gasteiger partial charge < -0.3 is 14.8 Å². The number of sulfonamides is 1. The number of rotatable bonds is 7. The Hall–Kier alpha value is -2.74. The van der Waals surface area contributed by atoms with Gasteiger partial charge in [-0.15, -0.1) is 0 Å². The number of nitrogens with one attached hydrogen (secondary N) is 1. The molecule has 0 aromatic heterocycles. The standard InChI is InChI=1S/C19H24N2O5S/c1-13(15-8-6-7-9-17(15)25-3)20-19(22)16-12-14(10-11-18(16)26-4)21(2)27(5,23)24/h6-13H,1-5H3,(H,20,22). The second kappa shape index (κ2) is 8.30. The van der Waals surface area contributed by atoms with E-state index >= 15 is 0 Å². The Morgan fingerprint density at radius 1 is 1.07 bits per heavy atom. The lowest BCUT2D eigenvalue weighted by molar-refractivity contribution is 0.0936. The minimum absolute atomic E-state index is 0.243. The Morgan fingerprint density at radius 3 is 2.30 bits per heavy atom. The van der Waals surface area contributed by atoms with Gasteiger partial charge in [0.2, 0.25) is 10.0 Å². The van der Waals surface area contributed by atoms with Crippen molar-refractivity contribution >= 4 is 21.6 Å². The summed E-state index contributed by atoms with van der Waals surface area (Å²) in [7, 11) is 1.00. The molecule has 2 aromatic carbocycles. The summed E-state index contributed by atoms with van der Waals surface area (Å²) in [4.78, 5) is 12.8. The number of ether oxygens (including phenoxy) is 2. The molecule has 8 heteroatoms. The molecule has 0 fully saturated rings. The Labute approximate surface area is 160 Å². The summed E-state index contributed by atoms with van der Waals surface area (Å²) in [6.07, 6.45) is 1.10. The average Bonchev–Trinajstić information content (AvgIpc) is 2.65. The van der Waals surface area contributed by atoms with Gasteiger partial charge in [0.05, 0.1) is 37.8 Å². The van der Waals surface area contributed by atoms with Gasteiger partial charge in [0, 0.05) is 12.6 Å². The van der Waals surface area contributed by atoms with E-state index in [1.807, 2.05) is 31.2 Å². The fourth-order valence-electron chi connectivity index (χ4n) is 2.64. The third-order valence-electron chi connectivity index (χ3n) is 4.24. The molecule has 2 rings (SSSR count). The quantitative estimate of drug-likeness (QED) is 0.783. The summed E-state index contributed by atoms with van der Waals surface area (Å²) in [5.74, 6) is 0.641. The van der Waals surface area contributed by atoms with E-state index in [2.05, 4.69) is 5.32 Å². The number of methoxy groups -OCH3 is 2. The maximum absolute atomic E-state index is 12.8. The van der Waals surface area contributed by atoms with Crippen molar-refractivity contribution in [1.29, 1.82) is 0 Å². The second-order valence-corrected chi connectivity index (χ2v) is 8.07. The van der Waals surface area contributed by atoms with E-state index in [1.54, 1.807) is 19.2 Å². The van der Waals surface area contributed by atoms with Crippen molar-refractivity contribution in [2.75, 3.05) is 31.8 Å². The minimum Gasteiger partial charge on any atom is -0.496 e. The summed E-state index contributed by atoms with van der Waals surface area (Å²) in [5.41, 5.74) is 1.44. The second-order valence-electron chi connectivity index (χ2n) is 6.05. The van der Waals surface area contributed by atoms with E-state index in [4.69, 9.17) is 9.47 Å². The van der Waals surface area contributed by atoms with Crippen LogP contribution in [0.5, 0.6) is 11.5 Å². The predicted octanol–water partition coefficient (Wildman–Crippen LogP) is 2.59. The molecule has 1 unspecified atom stereocenters. The first-order valence-electron chi connectivity index (χ1n) is 8.24. The average molecular weight is 392 g/mol. The Morgan fingerprint density at radius 2 is 1.70 bits per heavy atom. The molecule has 0 aliphatic carbocycles. The van der Waals surface area contributed by atoms with E-state index in [0.29, 0.717) is 17.2 Å². The highest BCUT2D eigenvalue weighted by molar-refractivity contribution is 7.92. The summed E-state index contributed by atoms with van der Waals surface area (Å²) in [5, 5.41) is 2.90. The smallest absolute Gasteiger partial charge is 0.255 e. The van der Waals surface area contributed by atoms with Crippen molar-refractivity contribution in [3.63, 3.8) is 0 Å². The number of hydrogen-bond donors (Lipinski definition) is 1. The molecular formula is C19H24N2O5S. The molecule has 0 aliphatic heterocycles. The van der Waals surface area contributed by atoms with Crippen molar-refractivity contribution in [1.82, 2.24) is 5.32 Å². The monoisotopic (exact) mass is 392 g/mol. The van der Waals surface area contributed by atoms with E-state index in [0.717, 1.165) is 16.1 Å². The van der Waals surface area contributed by atoms with Crippen LogP contribution in [0.2, 0.25) is 0 Å². The van der Waals surface area contributed by atoms with Gasteiger partial charge in [-0.05, 0) is 31.2 Å². The third kappa shape index (κ3) is 4.71. The molecule has 0 aliphatic rings. The van der Waals surface area contributed by atoms with Gasteiger partial charge in [-0.2, -0.15) is 0 Å². The molecule has 0 saturated heterocycles. The topological polar surface area (TPSA) is 84.9 Å². The van der Waals surface area contributed by atoms with Gasteiger partial charge in [-0.3, -0.25) is 9.10 Å². The largest absolute Gasteiger partial charge is 0.496 e. The van der Waals surface area contributed by atoms with Crippen LogP contribution in [0, 0.1) is 0 Å². The van der Waals surface area contributed by atoms with Crippen molar-refractivity contribution < 1.29 is 22.7 Å². The van der Waals surface area contributed by atoms with E-state index < -0.39 is 10.0 Å². The number of benzene rings is 2. The van der Waals surface area contributed by atoms with E-state index in [9.17, 15) is 13.2 Å². The lowest BCUT2D eigenvalue weighted by Gasteiger charge is -2.20. The summed E-state index contributed by atoms with van der Waals surface area (Å²) in [6.45, 7) is 1.84. The molecule has 1 atom stereocenters. The number of hydrogen-bond acceptors (Lipinski definition) is 5. The predicted molar refractivity (Wildman–Crippen MR) is 105 cm³/mol. The number of carbonyl (C=O) groups is 1. The van der Waals surface area contributed by atoms with Crippen molar-refractivity contribution in [2.24, 2.45) is 0 Å². The molecule has 146 valence electrons. The van der Waals surface area contributed by atoms with Crippen LogP contribution in [-0.4, -0.2) is 41.8 Å². The highest BCUT2D eigenvalue weighted by Gasteiger charge is 2.20. The summed E-state index contributed by atoms with van der Waals surface area (Å²) >= 11 is 0. The zero-order valence-electron chi connectivity index (χ0n) is 16.0. The molecule has 1 N–H and O–H groups in total. The Balaban J connectivity index is 2.34. The molecule has 0 heterocycles. The fourth-order valence-corrected chi connectivity index (χ4v) is 3.13. The van der Waals surface area contributed by atoms with Gasteiger partial charge in [0.25, 0.3) is 5.91 Å². The highest BCUT2D eigenvalue weighted by Crippen LogP contribution is 2.28. The van der Waals surface area contributed by atoms with Crippen molar-refractivity contribution in [2.45, 2.75) is 13.0 Å². The molecule has 0 bridgehead atoms. The number of nitrogens with zero attached hydrogens (tertiary/aromatic N) is 1. The van der Waals surface area contributed by atoms with Crippen LogP contribution in [0.1, 0.15) is 28.9 Å². The number of carbonyl (C=O) groups excluding carboxylic acids is 1. The van der Waals surface area contributed by atoms with Crippen LogP contribution in [0.3, 0.4) is 0 Å². The lowest BCUT2D eigenvalue weighted by atomic mass is 10.1. The van der Waals surface area contributed by atoms with Crippen molar-refractivity contribution in [3.05, 3.63) is 53.6 Å². The van der Waals surface area contributed by atoms with Gasteiger partial charge in [-0.1, -0.05) is 18.2 Å². The van der Waals surface area contributed by atoms with Gasteiger partial charge >= 0.3 is 0 Å². The fraction of sp³-hybridized carbons (Fsp3) is 0.316. The Kier molecular flexibility index (Phi) is 6.32. The molecule has 1 amide bonds. The van der Waals surface area contributed by atoms with Crippen LogP contribution in [0.15, 0.2) is 42.5 Å². The van der Waals surface area contributed by atoms with Crippen LogP contribution in [0.4, 0.5) is 5.69 Å². The Bertz CT molecular complexity index is 927. The SMILES string of the molecule is COc1ccc(N(C)S(C)(=O)=O)cc1C(=O)NC(C)c1ccccc1OC. The van der Waals surface area contributed by atoms with Crippen LogP contribution >= 0.6 is 0 Å². The summed E-state index contributed by atoms with van der Waals surface area (Å²) < 4.78 is 35.3. The van der Waals surface area contributed by atoms with Crippen LogP contribution in [-0.2, 0) is 10.0 Å². The molecule has 0 saturated carbocycles. The first-order valence-corrected chi connectivity index (χ1v) is 10.1. The highest BCUT2D eigenvalue weighted by atomic mass is 32.2. The molecule has 7 nitrogen and oxygen atoms in total. The minimum atomic E-state index is -3.45. The van der Waals surface area contributed by atoms with Crippen LogP contribution in [0.25, 0.3) is 0 Å². The van der Waals surface area contributed by atoms with E-state index in [1.165, 1.54) is 20.2 Å². The third-order valence-corrected chi connectivity index (χ3v) is 5.45. The lowest BCUT2D eigenvalue weighted by Crippen LogP contribution is -2.28. The maximum Gasteiger partial charge on any atom is 0.255 e. The van der Waals surface area contributed by atoms with Crippen molar-refractivity contribution in [3.8, 4) is 11.5 Å². The maximum atomic E-state index is 12.8. The normalized spacial score (nSPS) is 12.2. The zero-order chi connectivity index (χ0) is 20.2. The first kappa shape index (κ1) is 20.6. The number of anilines is 1. The first-order chi connectivity index (χ1) is 12.7. The van der Waals surface area contributed by atoms with E-state index in [-0.39, 0.29) is 17.5 Å².